The highest BCUT2D eigenvalue weighted by molar-refractivity contribution is 6.62. The van der Waals surface area contributed by atoms with Crippen molar-refractivity contribution in [3.63, 3.8) is 0 Å². The molecular formula is C10H19ClN2O3. The zero-order chi connectivity index (χ0) is 12.6. The average molecular weight is 251 g/mol. The molecule has 0 aromatic heterocycles. The number of amides is 2. The number of ether oxygens (including phenoxy) is 1. The molecule has 16 heavy (non-hydrogen) atoms. The lowest BCUT2D eigenvalue weighted by Crippen LogP contribution is -2.36. The van der Waals surface area contributed by atoms with Crippen molar-refractivity contribution < 1.29 is 14.3 Å². The Morgan fingerprint density at radius 1 is 1.19 bits per heavy atom. The summed E-state index contributed by atoms with van der Waals surface area (Å²) in [5.41, 5.74) is 0. The van der Waals surface area contributed by atoms with Gasteiger partial charge < -0.3 is 14.5 Å². The standard InChI is InChI=1S/C10H19ClN2O3/c1-4-5-8-16-10(15)13(3)7-6-12(2)9(11)14/h4-8H2,1-3H3. The van der Waals surface area contributed by atoms with E-state index in [1.807, 2.05) is 6.92 Å². The number of carbonyl (C=O) groups excluding carboxylic acids is 2. The van der Waals surface area contributed by atoms with Crippen LogP contribution in [0.25, 0.3) is 0 Å². The number of nitrogens with zero attached hydrogens (tertiary/aromatic N) is 2. The van der Waals surface area contributed by atoms with Gasteiger partial charge in [0.25, 0.3) is 0 Å². The highest BCUT2D eigenvalue weighted by Crippen LogP contribution is 1.96. The first kappa shape index (κ1) is 15.0. The maximum absolute atomic E-state index is 11.4. The molecule has 2 amide bonds. The first-order valence-electron chi connectivity index (χ1n) is 5.27. The van der Waals surface area contributed by atoms with Crippen LogP contribution < -0.4 is 0 Å². The van der Waals surface area contributed by atoms with Gasteiger partial charge in [0.1, 0.15) is 0 Å². The van der Waals surface area contributed by atoms with E-state index in [0.29, 0.717) is 19.7 Å². The minimum absolute atomic E-state index is 0.371. The molecule has 0 N–H and O–H groups in total. The van der Waals surface area contributed by atoms with Crippen molar-refractivity contribution in [1.82, 2.24) is 9.80 Å². The molecule has 0 aliphatic carbocycles. The molecule has 0 saturated carbocycles. The molecule has 0 aliphatic heterocycles. The van der Waals surface area contributed by atoms with Crippen LogP contribution in [0.15, 0.2) is 0 Å². The van der Waals surface area contributed by atoms with Gasteiger partial charge in [-0.3, -0.25) is 4.79 Å². The number of carbonyl (C=O) groups is 2. The maximum atomic E-state index is 11.4. The van der Waals surface area contributed by atoms with Crippen molar-refractivity contribution in [2.75, 3.05) is 33.8 Å². The zero-order valence-corrected chi connectivity index (χ0v) is 10.8. The van der Waals surface area contributed by atoms with Gasteiger partial charge in [0.2, 0.25) is 0 Å². The molecule has 0 radical (unpaired) electrons. The van der Waals surface area contributed by atoms with E-state index >= 15 is 0 Å². The SMILES string of the molecule is CCCCOC(=O)N(C)CCN(C)C(=O)Cl. The Kier molecular flexibility index (Phi) is 7.72. The van der Waals surface area contributed by atoms with Crippen LogP contribution in [0.5, 0.6) is 0 Å². The van der Waals surface area contributed by atoms with Crippen LogP contribution in [0.4, 0.5) is 9.59 Å². The van der Waals surface area contributed by atoms with Crippen LogP contribution in [0, 0.1) is 0 Å². The molecule has 0 aromatic carbocycles. The summed E-state index contributed by atoms with van der Waals surface area (Å²) in [4.78, 5) is 24.8. The van der Waals surface area contributed by atoms with Crippen molar-refractivity contribution in [2.24, 2.45) is 0 Å². The summed E-state index contributed by atoms with van der Waals surface area (Å²) in [5.74, 6) is 0. The van der Waals surface area contributed by atoms with E-state index in [1.165, 1.54) is 9.80 Å². The smallest absolute Gasteiger partial charge is 0.409 e. The number of likely N-dealkylation sites (N-methyl/N-ethyl adjacent to an activating group) is 2. The Morgan fingerprint density at radius 2 is 1.75 bits per heavy atom. The normalized spacial score (nSPS) is 9.75. The van der Waals surface area contributed by atoms with Gasteiger partial charge in [-0.1, -0.05) is 13.3 Å². The van der Waals surface area contributed by atoms with Crippen LogP contribution in [-0.2, 0) is 4.74 Å². The quantitative estimate of drug-likeness (QED) is 0.412. The van der Waals surface area contributed by atoms with Crippen LogP contribution in [0.2, 0.25) is 0 Å². The Morgan fingerprint density at radius 3 is 2.25 bits per heavy atom. The fourth-order valence-electron chi connectivity index (χ4n) is 0.893. The molecule has 0 saturated heterocycles. The minimum atomic E-state index is -0.534. The minimum Gasteiger partial charge on any atom is -0.449 e. The van der Waals surface area contributed by atoms with E-state index in [2.05, 4.69) is 0 Å². The molecular weight excluding hydrogens is 232 g/mol. The molecule has 0 rings (SSSR count). The topological polar surface area (TPSA) is 49.9 Å². The van der Waals surface area contributed by atoms with E-state index in [0.717, 1.165) is 12.8 Å². The van der Waals surface area contributed by atoms with Gasteiger partial charge >= 0.3 is 11.5 Å². The summed E-state index contributed by atoms with van der Waals surface area (Å²) in [5, 5.41) is -0.534. The maximum Gasteiger partial charge on any atom is 0.409 e. The molecule has 0 aliphatic rings. The average Bonchev–Trinajstić information content (AvgIpc) is 2.25. The summed E-state index contributed by atoms with van der Waals surface area (Å²) < 4.78 is 4.99. The third-order valence-electron chi connectivity index (χ3n) is 2.11. The molecule has 0 fully saturated rings. The highest BCUT2D eigenvalue weighted by Gasteiger charge is 2.11. The predicted octanol–water partition coefficient (Wildman–Crippen LogP) is 2.15. The predicted molar refractivity (Wildman–Crippen MR) is 62.8 cm³/mol. The molecule has 5 nitrogen and oxygen atoms in total. The summed E-state index contributed by atoms with van der Waals surface area (Å²) in [6.07, 6.45) is 1.48. The van der Waals surface area contributed by atoms with Gasteiger partial charge in [-0.2, -0.15) is 0 Å². The number of halogens is 1. The first-order chi connectivity index (χ1) is 7.49. The largest absolute Gasteiger partial charge is 0.449 e. The molecule has 94 valence electrons. The van der Waals surface area contributed by atoms with Crippen LogP contribution in [-0.4, -0.2) is 55.1 Å². The van der Waals surface area contributed by atoms with E-state index < -0.39 is 5.37 Å². The number of rotatable bonds is 6. The summed E-state index contributed by atoms with van der Waals surface area (Å²) in [6, 6.07) is 0. The van der Waals surface area contributed by atoms with Gasteiger partial charge in [0.05, 0.1) is 6.61 Å². The lowest BCUT2D eigenvalue weighted by molar-refractivity contribution is 0.107. The molecule has 0 unspecified atom stereocenters. The zero-order valence-electron chi connectivity index (χ0n) is 10.0. The highest BCUT2D eigenvalue weighted by atomic mass is 35.5. The summed E-state index contributed by atoms with van der Waals surface area (Å²) in [6.45, 7) is 3.25. The van der Waals surface area contributed by atoms with E-state index in [-0.39, 0.29) is 6.09 Å². The van der Waals surface area contributed by atoms with Gasteiger partial charge in [-0.05, 0) is 18.0 Å². The summed E-state index contributed by atoms with van der Waals surface area (Å²) in [7, 11) is 3.20. The van der Waals surface area contributed by atoms with Gasteiger partial charge in [0.15, 0.2) is 0 Å². The fourth-order valence-corrected chi connectivity index (χ4v) is 0.978. The van der Waals surface area contributed by atoms with Gasteiger partial charge in [0, 0.05) is 27.2 Å². The molecule has 0 aromatic rings. The van der Waals surface area contributed by atoms with Crippen LogP contribution in [0.3, 0.4) is 0 Å². The third kappa shape index (κ3) is 6.50. The van der Waals surface area contributed by atoms with E-state index in [1.54, 1.807) is 14.1 Å². The van der Waals surface area contributed by atoms with Crippen molar-refractivity contribution in [1.29, 1.82) is 0 Å². The monoisotopic (exact) mass is 250 g/mol. The molecule has 0 spiro atoms. The fraction of sp³-hybridized carbons (Fsp3) is 0.800. The summed E-state index contributed by atoms with van der Waals surface area (Å²) >= 11 is 5.25. The van der Waals surface area contributed by atoms with Crippen molar-refractivity contribution >= 4 is 23.1 Å². The second kappa shape index (κ2) is 8.21. The lowest BCUT2D eigenvalue weighted by atomic mass is 10.4. The molecule has 0 bridgehead atoms. The van der Waals surface area contributed by atoms with Crippen molar-refractivity contribution in [3.8, 4) is 0 Å². The van der Waals surface area contributed by atoms with E-state index in [9.17, 15) is 9.59 Å². The first-order valence-corrected chi connectivity index (χ1v) is 5.65. The van der Waals surface area contributed by atoms with Crippen LogP contribution in [0.1, 0.15) is 19.8 Å². The van der Waals surface area contributed by atoms with Gasteiger partial charge in [-0.15, -0.1) is 0 Å². The Hall–Kier alpha value is -0.970. The van der Waals surface area contributed by atoms with Crippen molar-refractivity contribution in [3.05, 3.63) is 0 Å². The van der Waals surface area contributed by atoms with E-state index in [4.69, 9.17) is 16.3 Å². The molecule has 6 heteroatoms. The van der Waals surface area contributed by atoms with Crippen LogP contribution >= 0.6 is 11.6 Å². The Balaban J connectivity index is 3.74. The number of hydrogen-bond acceptors (Lipinski definition) is 3. The lowest BCUT2D eigenvalue weighted by Gasteiger charge is -2.20. The van der Waals surface area contributed by atoms with Gasteiger partial charge in [-0.25, -0.2) is 4.79 Å². The number of hydrogen-bond donors (Lipinski definition) is 0. The second-order valence-corrected chi connectivity index (χ2v) is 3.89. The second-order valence-electron chi connectivity index (χ2n) is 3.56. The Bertz CT molecular complexity index is 236. The number of unbranched alkanes of at least 4 members (excludes halogenated alkanes) is 1. The Labute approximate surface area is 101 Å². The third-order valence-corrected chi connectivity index (χ3v) is 2.39. The van der Waals surface area contributed by atoms with Crippen molar-refractivity contribution in [2.45, 2.75) is 19.8 Å². The molecule has 0 atom stereocenters. The molecule has 0 heterocycles.